The maximum atomic E-state index is 13.1. The summed E-state index contributed by atoms with van der Waals surface area (Å²) in [6.07, 6.45) is 0. The van der Waals surface area contributed by atoms with Gasteiger partial charge < -0.3 is 25.4 Å². The average Bonchev–Trinajstić information content (AvgIpc) is 2.59. The van der Waals surface area contributed by atoms with Gasteiger partial charge in [-0.3, -0.25) is 9.59 Å². The molecule has 1 aromatic carbocycles. The second kappa shape index (κ2) is 8.61. The lowest BCUT2D eigenvalue weighted by atomic mass is 9.93. The third-order valence-corrected chi connectivity index (χ3v) is 4.25. The number of ether oxygens (including phenoxy) is 2. The van der Waals surface area contributed by atoms with Crippen LogP contribution in [0.15, 0.2) is 12.1 Å². The fourth-order valence-corrected chi connectivity index (χ4v) is 2.45. The molecule has 0 saturated carbocycles. The van der Waals surface area contributed by atoms with E-state index in [0.29, 0.717) is 35.8 Å². The number of benzene rings is 1. The Kier molecular flexibility index (Phi) is 7.25. The number of anilines is 1. The van der Waals surface area contributed by atoms with Gasteiger partial charge in [0.05, 0.1) is 25.5 Å². The number of carbonyl (C=O) groups excluding carboxylic acids is 2. The maximum absolute atomic E-state index is 13.1. The van der Waals surface area contributed by atoms with Gasteiger partial charge in [-0.1, -0.05) is 34.6 Å². The zero-order valence-corrected chi connectivity index (χ0v) is 17.7. The molecule has 152 valence electrons. The molecule has 0 saturated heterocycles. The van der Waals surface area contributed by atoms with Crippen molar-refractivity contribution in [2.75, 3.05) is 39.7 Å². The Hall–Kier alpha value is -2.28. The zero-order chi connectivity index (χ0) is 21.0. The minimum absolute atomic E-state index is 0.200. The van der Waals surface area contributed by atoms with Crippen LogP contribution in [0.3, 0.4) is 0 Å². The summed E-state index contributed by atoms with van der Waals surface area (Å²) in [6.45, 7) is 10.3. The van der Waals surface area contributed by atoms with Crippen molar-refractivity contribution in [3.63, 3.8) is 0 Å². The Morgan fingerprint density at radius 1 is 1.07 bits per heavy atom. The van der Waals surface area contributed by atoms with E-state index >= 15 is 0 Å². The van der Waals surface area contributed by atoms with E-state index in [1.165, 1.54) is 14.2 Å². The second-order valence-electron chi connectivity index (χ2n) is 8.49. The summed E-state index contributed by atoms with van der Waals surface area (Å²) in [5.41, 5.74) is 5.67. The smallest absolute Gasteiger partial charge is 0.255 e. The predicted molar refractivity (Wildman–Crippen MR) is 107 cm³/mol. The highest BCUT2D eigenvalue weighted by molar-refractivity contribution is 6.05. The molecule has 3 N–H and O–H groups in total. The number of hydrogen-bond acceptors (Lipinski definition) is 5. The Morgan fingerprint density at radius 3 is 2.04 bits per heavy atom. The minimum atomic E-state index is -0.610. The lowest BCUT2D eigenvalue weighted by molar-refractivity contribution is -0.123. The van der Waals surface area contributed by atoms with Crippen LogP contribution in [0.25, 0.3) is 0 Å². The molecule has 0 aliphatic rings. The van der Waals surface area contributed by atoms with Gasteiger partial charge in [0.2, 0.25) is 5.91 Å². The Bertz CT molecular complexity index is 693. The Balaban J connectivity index is 3.37. The summed E-state index contributed by atoms with van der Waals surface area (Å²) in [5, 5.41) is 2.84. The number of carbonyl (C=O) groups is 2. The van der Waals surface area contributed by atoms with Gasteiger partial charge in [0.15, 0.2) is 11.5 Å². The van der Waals surface area contributed by atoms with Crippen molar-refractivity contribution >= 4 is 17.5 Å². The van der Waals surface area contributed by atoms with E-state index in [0.717, 1.165) is 0 Å². The van der Waals surface area contributed by atoms with Crippen LogP contribution in [0.4, 0.5) is 5.69 Å². The number of methoxy groups -OCH3 is 2. The molecule has 0 fully saturated rings. The molecule has 2 amide bonds. The molecule has 0 aromatic heterocycles. The number of hydrogen-bond donors (Lipinski definition) is 2. The quantitative estimate of drug-likeness (QED) is 0.760. The molecule has 0 spiro atoms. The summed E-state index contributed by atoms with van der Waals surface area (Å²) in [7, 11) is 4.72. The van der Waals surface area contributed by atoms with Crippen molar-refractivity contribution in [2.24, 2.45) is 16.6 Å². The lowest BCUT2D eigenvalue weighted by Gasteiger charge is -2.30. The third kappa shape index (κ3) is 5.85. The number of nitrogens with one attached hydrogen (secondary N) is 1. The minimum Gasteiger partial charge on any atom is -0.493 e. The van der Waals surface area contributed by atoms with E-state index in [9.17, 15) is 9.59 Å². The molecule has 0 atom stereocenters. The first kappa shape index (κ1) is 22.8. The highest BCUT2D eigenvalue weighted by atomic mass is 16.5. The summed E-state index contributed by atoms with van der Waals surface area (Å²) < 4.78 is 10.6. The van der Waals surface area contributed by atoms with Crippen LogP contribution in [0, 0.1) is 10.8 Å². The standard InChI is InChI=1S/C20H33N3O4/c1-19(2,3)18(25)22-14-10-16(27-8)15(26-7)9-13(14)17(24)23(6)12-20(4,5)11-21/h9-10H,11-12,21H2,1-8H3,(H,22,25). The molecule has 7 nitrogen and oxygen atoms in total. The van der Waals surface area contributed by atoms with Crippen LogP contribution in [-0.4, -0.2) is 51.1 Å². The van der Waals surface area contributed by atoms with E-state index in [2.05, 4.69) is 5.32 Å². The fourth-order valence-electron chi connectivity index (χ4n) is 2.45. The molecule has 0 aliphatic heterocycles. The van der Waals surface area contributed by atoms with Crippen LogP contribution in [-0.2, 0) is 4.79 Å². The molecule has 1 aromatic rings. The SMILES string of the molecule is COc1cc(NC(=O)C(C)(C)C)c(C(=O)N(C)CC(C)(C)CN)cc1OC. The van der Waals surface area contributed by atoms with Crippen LogP contribution in [0.1, 0.15) is 45.0 Å². The monoisotopic (exact) mass is 379 g/mol. The first-order chi connectivity index (χ1) is 12.4. The molecule has 0 bridgehead atoms. The lowest BCUT2D eigenvalue weighted by Crippen LogP contribution is -2.40. The summed E-state index contributed by atoms with van der Waals surface area (Å²) >= 11 is 0. The second-order valence-corrected chi connectivity index (χ2v) is 8.49. The number of rotatable bonds is 7. The van der Waals surface area contributed by atoms with Gasteiger partial charge in [0, 0.05) is 25.1 Å². The van der Waals surface area contributed by atoms with Crippen LogP contribution < -0.4 is 20.5 Å². The van der Waals surface area contributed by atoms with E-state index in [1.54, 1.807) is 44.9 Å². The molecule has 27 heavy (non-hydrogen) atoms. The molecule has 0 heterocycles. The zero-order valence-electron chi connectivity index (χ0n) is 17.7. The molecule has 0 radical (unpaired) electrons. The van der Waals surface area contributed by atoms with Gasteiger partial charge in [0.25, 0.3) is 5.91 Å². The number of nitrogens with zero attached hydrogens (tertiary/aromatic N) is 1. The third-order valence-electron chi connectivity index (χ3n) is 4.25. The first-order valence-corrected chi connectivity index (χ1v) is 8.89. The van der Waals surface area contributed by atoms with Crippen molar-refractivity contribution in [3.05, 3.63) is 17.7 Å². The van der Waals surface area contributed by atoms with Crippen molar-refractivity contribution in [1.82, 2.24) is 4.90 Å². The highest BCUT2D eigenvalue weighted by Crippen LogP contribution is 2.35. The van der Waals surface area contributed by atoms with Crippen molar-refractivity contribution < 1.29 is 19.1 Å². The van der Waals surface area contributed by atoms with Gasteiger partial charge in [-0.05, 0) is 18.0 Å². The van der Waals surface area contributed by atoms with Gasteiger partial charge in [-0.25, -0.2) is 0 Å². The normalized spacial score (nSPS) is 11.7. The molecule has 7 heteroatoms. The Labute approximate surface area is 162 Å². The van der Waals surface area contributed by atoms with E-state index < -0.39 is 5.41 Å². The number of nitrogens with two attached hydrogens (primary N) is 1. The average molecular weight is 380 g/mol. The van der Waals surface area contributed by atoms with Crippen LogP contribution in [0.5, 0.6) is 11.5 Å². The van der Waals surface area contributed by atoms with Gasteiger partial charge in [0.1, 0.15) is 0 Å². The summed E-state index contributed by atoms with van der Waals surface area (Å²) in [6, 6.07) is 3.20. The molecule has 1 rings (SSSR count). The maximum Gasteiger partial charge on any atom is 0.255 e. The fraction of sp³-hybridized carbons (Fsp3) is 0.600. The number of amides is 2. The first-order valence-electron chi connectivity index (χ1n) is 8.89. The van der Waals surface area contributed by atoms with E-state index in [-0.39, 0.29) is 17.2 Å². The largest absolute Gasteiger partial charge is 0.493 e. The topological polar surface area (TPSA) is 93.9 Å². The van der Waals surface area contributed by atoms with Gasteiger partial charge in [-0.2, -0.15) is 0 Å². The highest BCUT2D eigenvalue weighted by Gasteiger charge is 2.27. The van der Waals surface area contributed by atoms with Gasteiger partial charge in [-0.15, -0.1) is 0 Å². The summed E-state index contributed by atoms with van der Waals surface area (Å²) in [5.74, 6) is 0.416. The van der Waals surface area contributed by atoms with Crippen LogP contribution >= 0.6 is 0 Å². The van der Waals surface area contributed by atoms with Gasteiger partial charge >= 0.3 is 0 Å². The Morgan fingerprint density at radius 2 is 1.59 bits per heavy atom. The molecular weight excluding hydrogens is 346 g/mol. The van der Waals surface area contributed by atoms with E-state index in [4.69, 9.17) is 15.2 Å². The molecule has 0 unspecified atom stereocenters. The molecule has 0 aliphatic carbocycles. The van der Waals surface area contributed by atoms with Crippen molar-refractivity contribution in [3.8, 4) is 11.5 Å². The van der Waals surface area contributed by atoms with Crippen molar-refractivity contribution in [2.45, 2.75) is 34.6 Å². The van der Waals surface area contributed by atoms with E-state index in [1.807, 2.05) is 13.8 Å². The summed E-state index contributed by atoms with van der Waals surface area (Å²) in [4.78, 5) is 27.2. The van der Waals surface area contributed by atoms with Crippen LogP contribution in [0.2, 0.25) is 0 Å². The van der Waals surface area contributed by atoms with Crippen molar-refractivity contribution in [1.29, 1.82) is 0 Å². The molecular formula is C20H33N3O4. The predicted octanol–water partition coefficient (Wildman–Crippen LogP) is 2.75.